The number of hydrogen-bond acceptors (Lipinski definition) is 1. The number of rotatable bonds is 1. The van der Waals surface area contributed by atoms with Gasteiger partial charge >= 0.3 is 0 Å². The zero-order valence-electron chi connectivity index (χ0n) is 9.30. The Morgan fingerprint density at radius 2 is 1.71 bits per heavy atom. The van der Waals surface area contributed by atoms with Gasteiger partial charge in [0.2, 0.25) is 0 Å². The molecule has 2 fully saturated rings. The van der Waals surface area contributed by atoms with Crippen molar-refractivity contribution in [3.05, 3.63) is 0 Å². The summed E-state index contributed by atoms with van der Waals surface area (Å²) in [4.78, 5) is 0. The lowest BCUT2D eigenvalue weighted by Crippen LogP contribution is -2.29. The maximum Gasteiger partial charge on any atom is 0.115 e. The van der Waals surface area contributed by atoms with Crippen LogP contribution in [0.4, 0.5) is 0 Å². The number of nitrogens with one attached hydrogen (secondary N) is 1. The molecule has 0 spiro atoms. The van der Waals surface area contributed by atoms with Crippen LogP contribution < -0.4 is 5.32 Å². The van der Waals surface area contributed by atoms with Crippen LogP contribution in [0.1, 0.15) is 51.4 Å². The molecule has 1 nitrogen and oxygen atoms in total. The molecule has 0 amide bonds. The molecule has 2 atom stereocenters. The van der Waals surface area contributed by atoms with Crippen molar-refractivity contribution in [2.75, 3.05) is 6.54 Å². The molecule has 2 aliphatic heterocycles. The molecule has 0 bridgehead atoms. The summed E-state index contributed by atoms with van der Waals surface area (Å²) in [6.45, 7) is 1.26. The molecule has 2 saturated heterocycles. The van der Waals surface area contributed by atoms with Crippen LogP contribution >= 0.6 is 0 Å². The minimum Gasteiger partial charge on any atom is -0.314 e. The fourth-order valence-corrected chi connectivity index (χ4v) is 2.95. The second kappa shape index (κ2) is 5.80. The molecule has 0 aliphatic carbocycles. The SMILES string of the molecule is [B]1CCCCCCCC1C1CCCN1. The quantitative estimate of drug-likeness (QED) is 0.629. The summed E-state index contributed by atoms with van der Waals surface area (Å²) in [7, 11) is 2.62. The van der Waals surface area contributed by atoms with Crippen LogP contribution in [-0.4, -0.2) is 19.9 Å². The Kier molecular flexibility index (Phi) is 4.36. The first kappa shape index (κ1) is 10.5. The first-order chi connectivity index (χ1) is 6.97. The highest BCUT2D eigenvalue weighted by Gasteiger charge is 2.24. The van der Waals surface area contributed by atoms with Gasteiger partial charge in [-0.25, -0.2) is 0 Å². The maximum atomic E-state index is 3.66. The Bertz CT molecular complexity index is 144. The maximum absolute atomic E-state index is 3.66. The Balaban J connectivity index is 1.80. The first-order valence-electron chi connectivity index (χ1n) is 6.53. The van der Waals surface area contributed by atoms with Gasteiger partial charge in [0.15, 0.2) is 0 Å². The predicted octanol–water partition coefficient (Wildman–Crippen LogP) is 3.00. The van der Waals surface area contributed by atoms with Crippen molar-refractivity contribution < 1.29 is 0 Å². The van der Waals surface area contributed by atoms with Crippen molar-refractivity contribution in [3.63, 3.8) is 0 Å². The largest absolute Gasteiger partial charge is 0.314 e. The zero-order valence-corrected chi connectivity index (χ0v) is 9.30. The van der Waals surface area contributed by atoms with Crippen molar-refractivity contribution in [2.24, 2.45) is 0 Å². The predicted molar refractivity (Wildman–Crippen MR) is 63.0 cm³/mol. The highest BCUT2D eigenvalue weighted by molar-refractivity contribution is 6.37. The van der Waals surface area contributed by atoms with Crippen LogP contribution in [0.5, 0.6) is 0 Å². The van der Waals surface area contributed by atoms with Crippen molar-refractivity contribution >= 4 is 7.28 Å². The molecule has 1 radical (unpaired) electrons. The van der Waals surface area contributed by atoms with Gasteiger partial charge in [0.25, 0.3) is 0 Å². The van der Waals surface area contributed by atoms with Crippen LogP contribution in [0, 0.1) is 0 Å². The van der Waals surface area contributed by atoms with Gasteiger partial charge in [0.05, 0.1) is 0 Å². The van der Waals surface area contributed by atoms with Gasteiger partial charge < -0.3 is 5.32 Å². The lowest BCUT2D eigenvalue weighted by molar-refractivity contribution is 0.507. The molecule has 2 rings (SSSR count). The van der Waals surface area contributed by atoms with Crippen molar-refractivity contribution in [1.29, 1.82) is 0 Å². The lowest BCUT2D eigenvalue weighted by atomic mass is 9.57. The summed E-state index contributed by atoms with van der Waals surface area (Å²) in [5.41, 5.74) is 0. The van der Waals surface area contributed by atoms with Crippen LogP contribution in [0.3, 0.4) is 0 Å². The molecular formula is C12H23BN. The monoisotopic (exact) mass is 192 g/mol. The highest BCUT2D eigenvalue weighted by Crippen LogP contribution is 2.28. The molecule has 2 heteroatoms. The number of hydrogen-bond donors (Lipinski definition) is 1. The first-order valence-corrected chi connectivity index (χ1v) is 6.53. The summed E-state index contributed by atoms with van der Waals surface area (Å²) >= 11 is 0. The standard InChI is InChI=1S/C12H23BN/c1-2-4-7-11(13-9-5-3-1)12-8-6-10-14-12/h11-12,14H,1-10H2. The third-order valence-electron chi connectivity index (χ3n) is 3.83. The van der Waals surface area contributed by atoms with Gasteiger partial charge in [-0.3, -0.25) is 0 Å². The average molecular weight is 192 g/mol. The van der Waals surface area contributed by atoms with E-state index >= 15 is 0 Å². The van der Waals surface area contributed by atoms with Gasteiger partial charge in [-0.15, -0.1) is 0 Å². The smallest absolute Gasteiger partial charge is 0.115 e. The zero-order chi connectivity index (χ0) is 9.64. The van der Waals surface area contributed by atoms with E-state index in [1.165, 1.54) is 64.2 Å². The van der Waals surface area contributed by atoms with E-state index < -0.39 is 0 Å². The third-order valence-corrected chi connectivity index (χ3v) is 3.83. The van der Waals surface area contributed by atoms with Gasteiger partial charge in [-0.1, -0.05) is 50.7 Å². The minimum absolute atomic E-state index is 0.827. The molecule has 2 unspecified atom stereocenters. The van der Waals surface area contributed by atoms with E-state index in [1.54, 1.807) is 0 Å². The van der Waals surface area contributed by atoms with Gasteiger partial charge in [-0.2, -0.15) is 0 Å². The lowest BCUT2D eigenvalue weighted by Gasteiger charge is -2.22. The normalized spacial score (nSPS) is 35.4. The molecule has 1 N–H and O–H groups in total. The molecule has 0 aromatic rings. The van der Waals surface area contributed by atoms with Crippen molar-refractivity contribution in [1.82, 2.24) is 5.32 Å². The average Bonchev–Trinajstić information content (AvgIpc) is 2.75. The molecule has 2 heterocycles. The van der Waals surface area contributed by atoms with E-state index in [4.69, 9.17) is 0 Å². The molecule has 0 aromatic carbocycles. The van der Waals surface area contributed by atoms with Crippen LogP contribution in [0.2, 0.25) is 12.1 Å². The summed E-state index contributed by atoms with van der Waals surface area (Å²) in [6, 6.07) is 0.827. The van der Waals surface area contributed by atoms with Crippen LogP contribution in [0.25, 0.3) is 0 Å². The van der Waals surface area contributed by atoms with Crippen molar-refractivity contribution in [2.45, 2.75) is 69.5 Å². The Morgan fingerprint density at radius 1 is 0.857 bits per heavy atom. The van der Waals surface area contributed by atoms with E-state index in [2.05, 4.69) is 12.6 Å². The van der Waals surface area contributed by atoms with Crippen LogP contribution in [0.15, 0.2) is 0 Å². The van der Waals surface area contributed by atoms with E-state index in [0.29, 0.717) is 0 Å². The second-order valence-electron chi connectivity index (χ2n) is 4.95. The van der Waals surface area contributed by atoms with Gasteiger partial charge in [0.1, 0.15) is 7.28 Å². The molecule has 2 aliphatic rings. The molecule has 0 aromatic heterocycles. The summed E-state index contributed by atoms with van der Waals surface area (Å²) < 4.78 is 0. The fourth-order valence-electron chi connectivity index (χ4n) is 2.95. The van der Waals surface area contributed by atoms with Crippen molar-refractivity contribution in [3.8, 4) is 0 Å². The Morgan fingerprint density at radius 3 is 2.57 bits per heavy atom. The van der Waals surface area contributed by atoms with E-state index in [1.807, 2.05) is 0 Å². The molecule has 79 valence electrons. The second-order valence-corrected chi connectivity index (χ2v) is 4.95. The van der Waals surface area contributed by atoms with Gasteiger partial charge in [0, 0.05) is 6.04 Å². The van der Waals surface area contributed by atoms with Gasteiger partial charge in [-0.05, 0) is 19.4 Å². The molecule has 14 heavy (non-hydrogen) atoms. The van der Waals surface area contributed by atoms with E-state index in [-0.39, 0.29) is 0 Å². The van der Waals surface area contributed by atoms with E-state index in [9.17, 15) is 0 Å². The Labute approximate surface area is 89.3 Å². The topological polar surface area (TPSA) is 12.0 Å². The summed E-state index contributed by atoms with van der Waals surface area (Å²) in [5.74, 6) is 0.885. The fraction of sp³-hybridized carbons (Fsp3) is 1.00. The summed E-state index contributed by atoms with van der Waals surface area (Å²) in [6.07, 6.45) is 12.9. The molecule has 0 saturated carbocycles. The molecular weight excluding hydrogens is 169 g/mol. The highest BCUT2D eigenvalue weighted by atomic mass is 14.9. The Hall–Kier alpha value is 0.0249. The summed E-state index contributed by atoms with van der Waals surface area (Å²) in [5, 5.41) is 3.66. The van der Waals surface area contributed by atoms with Crippen LogP contribution in [-0.2, 0) is 0 Å². The van der Waals surface area contributed by atoms with E-state index in [0.717, 1.165) is 11.9 Å². The third kappa shape index (κ3) is 3.01. The minimum atomic E-state index is 0.827.